The van der Waals surface area contributed by atoms with Crippen molar-refractivity contribution >= 4 is 11.7 Å². The van der Waals surface area contributed by atoms with E-state index in [0.29, 0.717) is 12.3 Å². The summed E-state index contributed by atoms with van der Waals surface area (Å²) in [6.07, 6.45) is 1.14. The van der Waals surface area contributed by atoms with Gasteiger partial charge >= 0.3 is 0 Å². The zero-order valence-electron chi connectivity index (χ0n) is 10.5. The summed E-state index contributed by atoms with van der Waals surface area (Å²) >= 11 is 0. The van der Waals surface area contributed by atoms with Crippen molar-refractivity contribution in [1.29, 1.82) is 0 Å². The molecule has 0 saturated heterocycles. The molecule has 0 aromatic rings. The van der Waals surface area contributed by atoms with E-state index in [4.69, 9.17) is 10.9 Å². The summed E-state index contributed by atoms with van der Waals surface area (Å²) in [7, 11) is 0. The number of oxime groups is 1. The molecule has 1 amide bonds. The summed E-state index contributed by atoms with van der Waals surface area (Å²) in [5.41, 5.74) is 5.41. The van der Waals surface area contributed by atoms with Gasteiger partial charge in [0.1, 0.15) is 5.84 Å². The van der Waals surface area contributed by atoms with E-state index >= 15 is 0 Å². The predicted molar refractivity (Wildman–Crippen MR) is 64.2 cm³/mol. The van der Waals surface area contributed by atoms with Crippen molar-refractivity contribution in [2.45, 2.75) is 46.6 Å². The molecular formula is C11H23N3O2. The standard InChI is InChI=1S/C11H23N3O2/c1-5-9(6-10(12)14-16)13-11(15)8(4)7(2)3/h7-9,16H,5-6H2,1-4H3,(H2,12,14)(H,13,15). The fourth-order valence-corrected chi connectivity index (χ4v) is 1.23. The van der Waals surface area contributed by atoms with Crippen LogP contribution >= 0.6 is 0 Å². The van der Waals surface area contributed by atoms with E-state index < -0.39 is 0 Å². The van der Waals surface area contributed by atoms with E-state index in [9.17, 15) is 4.79 Å². The minimum atomic E-state index is -0.0652. The first-order chi connectivity index (χ1) is 7.42. The number of nitrogens with one attached hydrogen (secondary N) is 1. The Morgan fingerprint density at radius 2 is 2.00 bits per heavy atom. The lowest BCUT2D eigenvalue weighted by Crippen LogP contribution is -2.41. The molecule has 0 saturated carbocycles. The highest BCUT2D eigenvalue weighted by atomic mass is 16.4. The van der Waals surface area contributed by atoms with Crippen molar-refractivity contribution < 1.29 is 10.0 Å². The number of hydrogen-bond acceptors (Lipinski definition) is 3. The van der Waals surface area contributed by atoms with E-state index in [1.54, 1.807) is 0 Å². The van der Waals surface area contributed by atoms with Crippen molar-refractivity contribution in [1.82, 2.24) is 5.32 Å². The van der Waals surface area contributed by atoms with Crippen LogP contribution in [0, 0.1) is 11.8 Å². The average molecular weight is 229 g/mol. The van der Waals surface area contributed by atoms with E-state index in [1.165, 1.54) is 0 Å². The third-order valence-electron chi connectivity index (χ3n) is 2.84. The molecule has 0 aliphatic rings. The number of carbonyl (C=O) groups is 1. The largest absolute Gasteiger partial charge is 0.409 e. The number of nitrogens with zero attached hydrogens (tertiary/aromatic N) is 1. The Hall–Kier alpha value is -1.26. The Bertz CT molecular complexity index is 252. The molecule has 0 heterocycles. The van der Waals surface area contributed by atoms with Crippen LogP contribution < -0.4 is 11.1 Å². The molecule has 0 aliphatic carbocycles. The Labute approximate surface area is 97.1 Å². The van der Waals surface area contributed by atoms with E-state index in [1.807, 2.05) is 27.7 Å². The average Bonchev–Trinajstić information content (AvgIpc) is 2.26. The number of hydrogen-bond donors (Lipinski definition) is 3. The zero-order valence-corrected chi connectivity index (χ0v) is 10.5. The van der Waals surface area contributed by atoms with Crippen molar-refractivity contribution in [2.24, 2.45) is 22.7 Å². The minimum absolute atomic E-state index is 0.0209. The molecule has 0 aromatic heterocycles. The van der Waals surface area contributed by atoms with E-state index in [2.05, 4.69) is 10.5 Å². The van der Waals surface area contributed by atoms with Gasteiger partial charge in [-0.25, -0.2) is 0 Å². The monoisotopic (exact) mass is 229 g/mol. The summed E-state index contributed by atoms with van der Waals surface area (Å²) in [6.45, 7) is 7.87. The summed E-state index contributed by atoms with van der Waals surface area (Å²) in [5.74, 6) is 0.444. The van der Waals surface area contributed by atoms with Crippen LogP contribution in [0.3, 0.4) is 0 Å². The molecule has 5 nitrogen and oxygen atoms in total. The van der Waals surface area contributed by atoms with Gasteiger partial charge in [-0.1, -0.05) is 32.9 Å². The lowest BCUT2D eigenvalue weighted by atomic mass is 9.96. The zero-order chi connectivity index (χ0) is 12.7. The van der Waals surface area contributed by atoms with Crippen molar-refractivity contribution in [3.63, 3.8) is 0 Å². The summed E-state index contributed by atoms with van der Waals surface area (Å²) in [6, 6.07) is -0.0652. The summed E-state index contributed by atoms with van der Waals surface area (Å²) in [5, 5.41) is 14.3. The Morgan fingerprint density at radius 3 is 2.38 bits per heavy atom. The molecule has 2 atom stereocenters. The maximum atomic E-state index is 11.8. The van der Waals surface area contributed by atoms with Crippen LogP contribution in [0.4, 0.5) is 0 Å². The van der Waals surface area contributed by atoms with Crippen LogP contribution in [0.2, 0.25) is 0 Å². The van der Waals surface area contributed by atoms with Crippen LogP contribution in [0.5, 0.6) is 0 Å². The quantitative estimate of drug-likeness (QED) is 0.278. The molecule has 0 aromatic carbocycles. The number of amides is 1. The van der Waals surface area contributed by atoms with Gasteiger partial charge in [0.15, 0.2) is 0 Å². The van der Waals surface area contributed by atoms with Crippen molar-refractivity contribution in [3.05, 3.63) is 0 Å². The third-order valence-corrected chi connectivity index (χ3v) is 2.84. The van der Waals surface area contributed by atoms with Crippen LogP contribution in [0.15, 0.2) is 5.16 Å². The van der Waals surface area contributed by atoms with E-state index in [0.717, 1.165) is 6.42 Å². The summed E-state index contributed by atoms with van der Waals surface area (Å²) in [4.78, 5) is 11.8. The molecule has 0 aliphatic heterocycles. The lowest BCUT2D eigenvalue weighted by molar-refractivity contribution is -0.126. The molecule has 94 valence electrons. The third kappa shape index (κ3) is 5.00. The molecular weight excluding hydrogens is 206 g/mol. The molecule has 2 unspecified atom stereocenters. The number of carbonyl (C=O) groups excluding carboxylic acids is 1. The van der Waals surface area contributed by atoms with Gasteiger partial charge in [-0.15, -0.1) is 0 Å². The second kappa shape index (κ2) is 7.09. The summed E-state index contributed by atoms with van der Waals surface area (Å²) < 4.78 is 0. The normalized spacial score (nSPS) is 15.9. The highest BCUT2D eigenvalue weighted by molar-refractivity contribution is 5.82. The topological polar surface area (TPSA) is 87.7 Å². The molecule has 0 spiro atoms. The fraction of sp³-hybridized carbons (Fsp3) is 0.818. The molecule has 0 bridgehead atoms. The van der Waals surface area contributed by atoms with Gasteiger partial charge in [0.05, 0.1) is 0 Å². The van der Waals surface area contributed by atoms with Gasteiger partial charge in [0, 0.05) is 18.4 Å². The molecule has 16 heavy (non-hydrogen) atoms. The highest BCUT2D eigenvalue weighted by Crippen LogP contribution is 2.10. The minimum Gasteiger partial charge on any atom is -0.409 e. The van der Waals surface area contributed by atoms with E-state index in [-0.39, 0.29) is 23.7 Å². The van der Waals surface area contributed by atoms with Crippen LogP contribution in [-0.4, -0.2) is 23.0 Å². The molecule has 0 rings (SSSR count). The fourth-order valence-electron chi connectivity index (χ4n) is 1.23. The second-order valence-corrected chi connectivity index (χ2v) is 4.44. The van der Waals surface area contributed by atoms with Gasteiger partial charge in [-0.3, -0.25) is 4.79 Å². The number of nitrogens with two attached hydrogens (primary N) is 1. The lowest BCUT2D eigenvalue weighted by Gasteiger charge is -2.21. The molecule has 0 fully saturated rings. The van der Waals surface area contributed by atoms with Crippen LogP contribution in [-0.2, 0) is 4.79 Å². The van der Waals surface area contributed by atoms with Crippen molar-refractivity contribution in [2.75, 3.05) is 0 Å². The maximum absolute atomic E-state index is 11.8. The highest BCUT2D eigenvalue weighted by Gasteiger charge is 2.19. The van der Waals surface area contributed by atoms with Crippen LogP contribution in [0.1, 0.15) is 40.5 Å². The molecule has 4 N–H and O–H groups in total. The Kier molecular flexibility index (Phi) is 6.53. The van der Waals surface area contributed by atoms with Crippen LogP contribution in [0.25, 0.3) is 0 Å². The Balaban J connectivity index is 4.27. The predicted octanol–water partition coefficient (Wildman–Crippen LogP) is 1.31. The second-order valence-electron chi connectivity index (χ2n) is 4.44. The Morgan fingerprint density at radius 1 is 1.44 bits per heavy atom. The first-order valence-corrected chi connectivity index (χ1v) is 5.69. The van der Waals surface area contributed by atoms with Crippen molar-refractivity contribution in [3.8, 4) is 0 Å². The van der Waals surface area contributed by atoms with Gasteiger partial charge in [0.25, 0.3) is 0 Å². The first-order valence-electron chi connectivity index (χ1n) is 5.69. The first kappa shape index (κ1) is 14.7. The molecule has 5 heteroatoms. The maximum Gasteiger partial charge on any atom is 0.223 e. The van der Waals surface area contributed by atoms with Gasteiger partial charge in [-0.2, -0.15) is 0 Å². The van der Waals surface area contributed by atoms with Gasteiger partial charge in [0.2, 0.25) is 5.91 Å². The number of amidine groups is 1. The van der Waals surface area contributed by atoms with Gasteiger partial charge in [-0.05, 0) is 12.3 Å². The smallest absolute Gasteiger partial charge is 0.223 e. The van der Waals surface area contributed by atoms with Gasteiger partial charge < -0.3 is 16.3 Å². The molecule has 0 radical (unpaired) electrons. The SMILES string of the molecule is CCC(CC(N)=NO)NC(=O)C(C)C(C)C. The number of rotatable bonds is 6.